The summed E-state index contributed by atoms with van der Waals surface area (Å²) in [6.45, 7) is 0.555. The van der Waals surface area contributed by atoms with Crippen LogP contribution in [0.3, 0.4) is 0 Å². The van der Waals surface area contributed by atoms with Crippen molar-refractivity contribution in [3.05, 3.63) is 30.1 Å². The van der Waals surface area contributed by atoms with Crippen LogP contribution in [0.25, 0.3) is 0 Å². The Bertz CT molecular complexity index is 665. The lowest BCUT2D eigenvalue weighted by molar-refractivity contribution is 0.200. The Kier molecular flexibility index (Phi) is 4.69. The molecule has 8 heteroatoms. The Labute approximate surface area is 121 Å². The highest BCUT2D eigenvalue weighted by molar-refractivity contribution is 7.90. The smallest absolute Gasteiger partial charge is 0.298 e. The van der Waals surface area contributed by atoms with Crippen molar-refractivity contribution in [3.8, 4) is 10.9 Å². The van der Waals surface area contributed by atoms with Crippen molar-refractivity contribution in [3.63, 3.8) is 0 Å². The van der Waals surface area contributed by atoms with Gasteiger partial charge in [-0.1, -0.05) is 0 Å². The minimum absolute atomic E-state index is 0.253. The van der Waals surface area contributed by atoms with E-state index in [4.69, 9.17) is 9.47 Å². The molecule has 1 aromatic heterocycles. The molecule has 0 unspecified atom stereocenters. The van der Waals surface area contributed by atoms with E-state index in [-0.39, 0.29) is 4.90 Å². The normalized spacial score (nSPS) is 11.5. The maximum atomic E-state index is 11.3. The third-order valence-electron chi connectivity index (χ3n) is 2.44. The van der Waals surface area contributed by atoms with Gasteiger partial charge in [-0.25, -0.2) is 8.42 Å². The van der Waals surface area contributed by atoms with Crippen LogP contribution in [0, 0.1) is 0 Å². The van der Waals surface area contributed by atoms with Gasteiger partial charge in [-0.3, -0.25) is 0 Å². The Hall–Kier alpha value is -1.51. The second-order valence-corrected chi connectivity index (χ2v) is 6.80. The van der Waals surface area contributed by atoms with E-state index < -0.39 is 9.84 Å². The van der Waals surface area contributed by atoms with Crippen molar-refractivity contribution in [2.24, 2.45) is 0 Å². The van der Waals surface area contributed by atoms with Gasteiger partial charge in [-0.2, -0.15) is 9.36 Å². The van der Waals surface area contributed by atoms with E-state index in [1.165, 1.54) is 12.1 Å². The van der Waals surface area contributed by atoms with E-state index in [1.54, 1.807) is 19.2 Å². The van der Waals surface area contributed by atoms with E-state index in [9.17, 15) is 8.42 Å². The zero-order valence-electron chi connectivity index (χ0n) is 11.1. The van der Waals surface area contributed by atoms with Gasteiger partial charge in [0.15, 0.2) is 9.84 Å². The van der Waals surface area contributed by atoms with Crippen molar-refractivity contribution in [1.29, 1.82) is 0 Å². The second-order valence-electron chi connectivity index (χ2n) is 4.06. The maximum absolute atomic E-state index is 11.3. The predicted molar refractivity (Wildman–Crippen MR) is 75.1 cm³/mol. The van der Waals surface area contributed by atoms with Crippen molar-refractivity contribution in [1.82, 2.24) is 9.36 Å². The molecule has 0 radical (unpaired) electrons. The van der Waals surface area contributed by atoms with Gasteiger partial charge in [-0.05, 0) is 24.3 Å². The number of hydrogen-bond acceptors (Lipinski definition) is 7. The highest BCUT2D eigenvalue weighted by Crippen LogP contribution is 2.24. The van der Waals surface area contributed by atoms with Crippen molar-refractivity contribution in [2.45, 2.75) is 11.3 Å². The zero-order valence-corrected chi connectivity index (χ0v) is 12.7. The van der Waals surface area contributed by atoms with Gasteiger partial charge in [0.1, 0.15) is 11.6 Å². The molecular formula is C12H14N2O4S2. The third kappa shape index (κ3) is 3.99. The summed E-state index contributed by atoms with van der Waals surface area (Å²) >= 11 is 1.15. The molecule has 0 saturated heterocycles. The van der Waals surface area contributed by atoms with Gasteiger partial charge in [0.25, 0.3) is 5.19 Å². The summed E-state index contributed by atoms with van der Waals surface area (Å²) in [5.74, 6) is 1.19. The van der Waals surface area contributed by atoms with Crippen LogP contribution in [0.2, 0.25) is 0 Å². The average Bonchev–Trinajstić information content (AvgIpc) is 2.83. The predicted octanol–water partition coefficient (Wildman–Crippen LogP) is 1.92. The minimum Gasteiger partial charge on any atom is -0.430 e. The van der Waals surface area contributed by atoms with Gasteiger partial charge in [0.05, 0.1) is 11.5 Å². The minimum atomic E-state index is -3.19. The first-order valence-corrected chi connectivity index (χ1v) is 8.45. The summed E-state index contributed by atoms with van der Waals surface area (Å²) in [7, 11) is -1.58. The highest BCUT2D eigenvalue weighted by Gasteiger charge is 2.09. The van der Waals surface area contributed by atoms with Crippen LogP contribution < -0.4 is 4.74 Å². The zero-order chi connectivity index (χ0) is 14.6. The van der Waals surface area contributed by atoms with Gasteiger partial charge in [0.2, 0.25) is 0 Å². The van der Waals surface area contributed by atoms with E-state index in [0.29, 0.717) is 29.8 Å². The summed E-state index contributed by atoms with van der Waals surface area (Å²) < 4.78 is 37.3. The van der Waals surface area contributed by atoms with Crippen LogP contribution >= 0.6 is 11.5 Å². The van der Waals surface area contributed by atoms with Gasteiger partial charge >= 0.3 is 0 Å². The van der Waals surface area contributed by atoms with E-state index in [0.717, 1.165) is 17.8 Å². The molecule has 1 heterocycles. The fourth-order valence-corrected chi connectivity index (χ4v) is 2.66. The molecule has 0 amide bonds. The molecule has 1 aromatic carbocycles. The summed E-state index contributed by atoms with van der Waals surface area (Å²) in [5, 5.41) is 0.420. The van der Waals surface area contributed by atoms with Crippen LogP contribution in [0.1, 0.15) is 5.82 Å². The maximum Gasteiger partial charge on any atom is 0.298 e. The number of aromatic nitrogens is 2. The first kappa shape index (κ1) is 14.9. The average molecular weight is 314 g/mol. The third-order valence-corrected chi connectivity index (χ3v) is 4.20. The molecule has 0 aliphatic heterocycles. The van der Waals surface area contributed by atoms with Gasteiger partial charge in [-0.15, -0.1) is 0 Å². The number of nitrogens with zero attached hydrogens (tertiary/aromatic N) is 2. The van der Waals surface area contributed by atoms with Crippen LogP contribution in [0.4, 0.5) is 0 Å². The van der Waals surface area contributed by atoms with E-state index >= 15 is 0 Å². The molecule has 0 fully saturated rings. The first-order valence-electron chi connectivity index (χ1n) is 5.78. The van der Waals surface area contributed by atoms with Gasteiger partial charge in [0, 0.05) is 31.3 Å². The molecule has 2 aromatic rings. The SMILES string of the molecule is COCCc1nsc(Oc2ccc(S(C)(=O)=O)cc2)n1. The fraction of sp³-hybridized carbons (Fsp3) is 0.333. The standard InChI is InChI=1S/C12H14N2O4S2/c1-17-8-7-11-13-12(19-14-11)18-9-3-5-10(6-4-9)20(2,15)16/h3-6H,7-8H2,1-2H3. The van der Waals surface area contributed by atoms with Crippen molar-refractivity contribution < 1.29 is 17.9 Å². The number of benzene rings is 1. The van der Waals surface area contributed by atoms with Crippen LogP contribution in [-0.4, -0.2) is 37.7 Å². The van der Waals surface area contributed by atoms with Crippen LogP contribution in [0.15, 0.2) is 29.2 Å². The number of rotatable bonds is 6. The second kappa shape index (κ2) is 6.29. The molecule has 0 aliphatic carbocycles. The Morgan fingerprint density at radius 2 is 1.95 bits per heavy atom. The topological polar surface area (TPSA) is 78.4 Å². The Morgan fingerprint density at radius 1 is 1.25 bits per heavy atom. The summed E-state index contributed by atoms with van der Waals surface area (Å²) in [5.41, 5.74) is 0. The molecule has 0 N–H and O–H groups in total. The van der Waals surface area contributed by atoms with Crippen molar-refractivity contribution in [2.75, 3.05) is 20.0 Å². The number of methoxy groups -OCH3 is 1. The molecular weight excluding hydrogens is 300 g/mol. The molecule has 0 aliphatic rings. The molecule has 2 rings (SSSR count). The molecule has 0 atom stereocenters. The molecule has 20 heavy (non-hydrogen) atoms. The summed E-state index contributed by atoms with van der Waals surface area (Å²) in [6.07, 6.45) is 1.79. The molecule has 0 saturated carbocycles. The monoisotopic (exact) mass is 314 g/mol. The Morgan fingerprint density at radius 3 is 2.55 bits per heavy atom. The fourth-order valence-electron chi connectivity index (χ4n) is 1.43. The first-order chi connectivity index (χ1) is 9.49. The quantitative estimate of drug-likeness (QED) is 0.810. The number of hydrogen-bond donors (Lipinski definition) is 0. The molecule has 0 spiro atoms. The van der Waals surface area contributed by atoms with Crippen molar-refractivity contribution >= 4 is 21.4 Å². The van der Waals surface area contributed by atoms with E-state index in [2.05, 4.69) is 9.36 Å². The van der Waals surface area contributed by atoms with Crippen LogP contribution in [-0.2, 0) is 21.0 Å². The summed E-state index contributed by atoms with van der Waals surface area (Å²) in [6, 6.07) is 6.17. The summed E-state index contributed by atoms with van der Waals surface area (Å²) in [4.78, 5) is 4.45. The highest BCUT2D eigenvalue weighted by atomic mass is 32.2. The van der Waals surface area contributed by atoms with E-state index in [1.807, 2.05) is 0 Å². The molecule has 6 nitrogen and oxygen atoms in total. The lowest BCUT2D eigenvalue weighted by atomic mass is 10.3. The Balaban J connectivity index is 2.05. The number of ether oxygens (including phenoxy) is 2. The largest absolute Gasteiger partial charge is 0.430 e. The number of sulfone groups is 1. The lowest BCUT2D eigenvalue weighted by Crippen LogP contribution is -1.97. The van der Waals surface area contributed by atoms with Crippen LogP contribution in [0.5, 0.6) is 10.9 Å². The lowest BCUT2D eigenvalue weighted by Gasteiger charge is -2.02. The van der Waals surface area contributed by atoms with Gasteiger partial charge < -0.3 is 9.47 Å². The molecule has 0 bridgehead atoms. The molecule has 108 valence electrons.